The maximum atomic E-state index is 13.6. The number of likely N-dealkylation sites (N-methyl/N-ethyl adjacent to an activating group) is 1. The van der Waals surface area contributed by atoms with Gasteiger partial charge in [-0.05, 0) is 79.1 Å². The number of aryl methyl sites for hydroxylation is 2. The van der Waals surface area contributed by atoms with Gasteiger partial charge in [0.25, 0.3) is 15.9 Å². The molecule has 0 aliphatic rings. The molecular weight excluding hydrogens is 464 g/mol. The summed E-state index contributed by atoms with van der Waals surface area (Å²) in [7, 11) is -2.49. The molecule has 0 aromatic heterocycles. The highest BCUT2D eigenvalue weighted by Gasteiger charge is 2.24. The average molecular weight is 488 g/mol. The van der Waals surface area contributed by atoms with Gasteiger partial charge in [0.15, 0.2) is 11.6 Å². The Kier molecular flexibility index (Phi) is 7.31. The molecule has 0 bridgehead atoms. The topological polar surface area (TPSA) is 104 Å². The van der Waals surface area contributed by atoms with Gasteiger partial charge in [-0.25, -0.2) is 17.2 Å². The number of amides is 2. The molecule has 3 aromatic rings. The second-order valence-corrected chi connectivity index (χ2v) is 9.31. The zero-order valence-electron chi connectivity index (χ0n) is 18.6. The van der Waals surface area contributed by atoms with Gasteiger partial charge in [0.05, 0.1) is 4.90 Å². The predicted molar refractivity (Wildman–Crippen MR) is 124 cm³/mol. The summed E-state index contributed by atoms with van der Waals surface area (Å²) in [4.78, 5) is 25.0. The Morgan fingerprint density at radius 2 is 1.53 bits per heavy atom. The third-order valence-electron chi connectivity index (χ3n) is 5.25. The average Bonchev–Trinajstić information content (AvgIpc) is 2.80. The Morgan fingerprint density at radius 1 is 0.853 bits per heavy atom. The summed E-state index contributed by atoms with van der Waals surface area (Å²) in [5.41, 5.74) is 2.22. The van der Waals surface area contributed by atoms with Crippen molar-refractivity contribution in [1.82, 2.24) is 10.6 Å². The van der Waals surface area contributed by atoms with E-state index in [4.69, 9.17) is 0 Å². The first-order valence-electron chi connectivity index (χ1n) is 10.2. The number of carbonyl (C=O) groups excluding carboxylic acids is 2. The van der Waals surface area contributed by atoms with Crippen LogP contribution in [-0.4, -0.2) is 27.3 Å². The molecule has 0 saturated carbocycles. The number of anilines is 1. The molecule has 0 radical (unpaired) electrons. The number of nitrogens with one attached hydrogen (secondary N) is 3. The van der Waals surface area contributed by atoms with Crippen LogP contribution >= 0.6 is 0 Å². The van der Waals surface area contributed by atoms with Gasteiger partial charge in [0.2, 0.25) is 5.91 Å². The second kappa shape index (κ2) is 10.0. The molecule has 3 N–H and O–H groups in total. The first-order chi connectivity index (χ1) is 16.0. The molecular formula is C24H23F2N3O4S. The van der Waals surface area contributed by atoms with Gasteiger partial charge in [-0.1, -0.05) is 12.1 Å². The summed E-state index contributed by atoms with van der Waals surface area (Å²) < 4.78 is 54.7. The number of halogens is 2. The molecule has 1 atom stereocenters. The number of carbonyl (C=O) groups is 2. The second-order valence-electron chi connectivity index (χ2n) is 7.62. The van der Waals surface area contributed by atoms with E-state index >= 15 is 0 Å². The molecule has 0 aliphatic heterocycles. The van der Waals surface area contributed by atoms with Crippen LogP contribution in [0.25, 0.3) is 0 Å². The van der Waals surface area contributed by atoms with Crippen molar-refractivity contribution in [3.05, 3.63) is 94.6 Å². The fourth-order valence-corrected chi connectivity index (χ4v) is 4.28. The zero-order chi connectivity index (χ0) is 25.0. The molecule has 178 valence electrons. The first-order valence-corrected chi connectivity index (χ1v) is 11.7. The fourth-order valence-electron chi connectivity index (χ4n) is 3.14. The van der Waals surface area contributed by atoms with Crippen LogP contribution in [0.2, 0.25) is 0 Å². The lowest BCUT2D eigenvalue weighted by molar-refractivity contribution is -0.122. The van der Waals surface area contributed by atoms with Crippen molar-refractivity contribution in [3.63, 3.8) is 0 Å². The number of benzene rings is 3. The van der Waals surface area contributed by atoms with Crippen molar-refractivity contribution in [1.29, 1.82) is 0 Å². The molecule has 7 nitrogen and oxygen atoms in total. The third-order valence-corrected chi connectivity index (χ3v) is 6.63. The molecule has 0 heterocycles. The Hall–Kier alpha value is -3.79. The van der Waals surface area contributed by atoms with E-state index in [2.05, 4.69) is 15.4 Å². The van der Waals surface area contributed by atoms with Crippen LogP contribution in [-0.2, 0) is 14.8 Å². The maximum absolute atomic E-state index is 13.6. The van der Waals surface area contributed by atoms with E-state index in [1.54, 1.807) is 12.1 Å². The van der Waals surface area contributed by atoms with Gasteiger partial charge in [0.1, 0.15) is 6.04 Å². The van der Waals surface area contributed by atoms with Crippen molar-refractivity contribution in [2.75, 3.05) is 11.8 Å². The van der Waals surface area contributed by atoms with Crippen LogP contribution in [0.3, 0.4) is 0 Å². The summed E-state index contributed by atoms with van der Waals surface area (Å²) in [6, 6.07) is 12.0. The van der Waals surface area contributed by atoms with Gasteiger partial charge in [-0.2, -0.15) is 0 Å². The predicted octanol–water partition coefficient (Wildman–Crippen LogP) is 3.60. The minimum Gasteiger partial charge on any atom is -0.357 e. The van der Waals surface area contributed by atoms with Crippen LogP contribution in [0.4, 0.5) is 14.5 Å². The van der Waals surface area contributed by atoms with E-state index in [0.29, 0.717) is 0 Å². The van der Waals surface area contributed by atoms with Crippen molar-refractivity contribution in [2.24, 2.45) is 0 Å². The van der Waals surface area contributed by atoms with Gasteiger partial charge >= 0.3 is 0 Å². The van der Waals surface area contributed by atoms with Gasteiger partial charge in [-0.3, -0.25) is 14.3 Å². The zero-order valence-corrected chi connectivity index (χ0v) is 19.5. The van der Waals surface area contributed by atoms with Gasteiger partial charge in [0, 0.05) is 18.3 Å². The van der Waals surface area contributed by atoms with Crippen molar-refractivity contribution in [2.45, 2.75) is 24.8 Å². The van der Waals surface area contributed by atoms with Crippen LogP contribution in [0.1, 0.15) is 33.1 Å². The molecule has 0 fully saturated rings. The Balaban J connectivity index is 1.77. The normalized spacial score (nSPS) is 12.0. The molecule has 2 amide bonds. The largest absolute Gasteiger partial charge is 0.357 e. The highest BCUT2D eigenvalue weighted by Crippen LogP contribution is 2.21. The maximum Gasteiger partial charge on any atom is 0.261 e. The number of hydrogen-bond acceptors (Lipinski definition) is 4. The number of sulfonamides is 1. The summed E-state index contributed by atoms with van der Waals surface area (Å²) in [6.45, 7) is 3.69. The smallest absolute Gasteiger partial charge is 0.261 e. The molecule has 34 heavy (non-hydrogen) atoms. The number of hydrogen-bond donors (Lipinski definition) is 3. The standard InChI is InChI=1S/C24H23F2N3O4S/c1-14-4-10-19(12-15(14)2)34(32,33)29-18-8-5-16(6-9-18)23(30)28-22(24(31)27-3)17-7-11-20(25)21(26)13-17/h4-13,22,29H,1-3H3,(H,27,31)(H,28,30). The quantitative estimate of drug-likeness (QED) is 0.474. The summed E-state index contributed by atoms with van der Waals surface area (Å²) in [6.07, 6.45) is 0. The van der Waals surface area contributed by atoms with Crippen LogP contribution in [0, 0.1) is 25.5 Å². The molecule has 3 rings (SSSR count). The minimum atomic E-state index is -3.83. The number of rotatable bonds is 7. The monoisotopic (exact) mass is 487 g/mol. The minimum absolute atomic E-state index is 0.0596. The van der Waals surface area contributed by atoms with Crippen molar-refractivity contribution >= 4 is 27.5 Å². The summed E-state index contributed by atoms with van der Waals surface area (Å²) >= 11 is 0. The highest BCUT2D eigenvalue weighted by atomic mass is 32.2. The van der Waals surface area contributed by atoms with E-state index in [1.165, 1.54) is 43.4 Å². The fraction of sp³-hybridized carbons (Fsp3) is 0.167. The van der Waals surface area contributed by atoms with E-state index in [1.807, 2.05) is 13.8 Å². The SMILES string of the molecule is CNC(=O)C(NC(=O)c1ccc(NS(=O)(=O)c2ccc(C)c(C)c2)cc1)c1ccc(F)c(F)c1. The molecule has 0 aliphatic carbocycles. The van der Waals surface area contributed by atoms with E-state index in [0.717, 1.165) is 23.3 Å². The lowest BCUT2D eigenvalue weighted by atomic mass is 10.0. The van der Waals surface area contributed by atoms with Crippen molar-refractivity contribution in [3.8, 4) is 0 Å². The van der Waals surface area contributed by atoms with E-state index in [-0.39, 0.29) is 21.7 Å². The Labute approximate surface area is 196 Å². The van der Waals surface area contributed by atoms with E-state index < -0.39 is 39.5 Å². The molecule has 3 aromatic carbocycles. The Bertz CT molecular complexity index is 1340. The summed E-state index contributed by atoms with van der Waals surface area (Å²) in [5.74, 6) is -3.52. The van der Waals surface area contributed by atoms with Gasteiger partial charge in [-0.15, -0.1) is 0 Å². The summed E-state index contributed by atoms with van der Waals surface area (Å²) in [5, 5.41) is 4.84. The van der Waals surface area contributed by atoms with Crippen LogP contribution in [0.15, 0.2) is 65.6 Å². The third kappa shape index (κ3) is 5.57. The lowest BCUT2D eigenvalue weighted by Crippen LogP contribution is -2.39. The molecule has 0 saturated heterocycles. The van der Waals surface area contributed by atoms with Crippen LogP contribution in [0.5, 0.6) is 0 Å². The molecule has 0 spiro atoms. The Morgan fingerprint density at radius 3 is 2.12 bits per heavy atom. The first kappa shape index (κ1) is 24.8. The van der Waals surface area contributed by atoms with Gasteiger partial charge < -0.3 is 10.6 Å². The molecule has 10 heteroatoms. The molecule has 1 unspecified atom stereocenters. The van der Waals surface area contributed by atoms with Crippen LogP contribution < -0.4 is 15.4 Å². The highest BCUT2D eigenvalue weighted by molar-refractivity contribution is 7.92. The lowest BCUT2D eigenvalue weighted by Gasteiger charge is -2.18. The van der Waals surface area contributed by atoms with E-state index in [9.17, 15) is 26.8 Å². The van der Waals surface area contributed by atoms with Crippen molar-refractivity contribution < 1.29 is 26.8 Å².